The van der Waals surface area contributed by atoms with Gasteiger partial charge >= 0.3 is 6.03 Å². The number of carbonyl (C=O) groups is 2. The molecule has 2 rings (SSSR count). The lowest BCUT2D eigenvalue weighted by atomic mass is 9.89. The first-order chi connectivity index (χ1) is 10.7. The van der Waals surface area contributed by atoms with Crippen molar-refractivity contribution in [3.05, 3.63) is 29.8 Å². The van der Waals surface area contributed by atoms with Crippen LogP contribution in [0.2, 0.25) is 0 Å². The van der Waals surface area contributed by atoms with Crippen molar-refractivity contribution in [3.8, 4) is 0 Å². The van der Waals surface area contributed by atoms with Gasteiger partial charge in [0.15, 0.2) is 0 Å². The SMILES string of the molecule is CCNC(=O)c1ccc(NC(=O)NCC2CCCCC2)cc1. The zero-order valence-electron chi connectivity index (χ0n) is 13.2. The average molecular weight is 303 g/mol. The van der Waals surface area contributed by atoms with Crippen molar-refractivity contribution in [1.82, 2.24) is 10.6 Å². The second-order valence-corrected chi connectivity index (χ2v) is 5.78. The number of benzene rings is 1. The van der Waals surface area contributed by atoms with E-state index in [2.05, 4.69) is 16.0 Å². The van der Waals surface area contributed by atoms with Crippen LogP contribution in [0.3, 0.4) is 0 Å². The van der Waals surface area contributed by atoms with E-state index < -0.39 is 0 Å². The van der Waals surface area contributed by atoms with E-state index >= 15 is 0 Å². The van der Waals surface area contributed by atoms with Gasteiger partial charge < -0.3 is 16.0 Å². The van der Waals surface area contributed by atoms with Crippen molar-refractivity contribution < 1.29 is 9.59 Å². The third kappa shape index (κ3) is 5.06. The third-order valence-electron chi connectivity index (χ3n) is 4.02. The highest BCUT2D eigenvalue weighted by Gasteiger charge is 2.14. The van der Waals surface area contributed by atoms with Crippen LogP contribution < -0.4 is 16.0 Å². The summed E-state index contributed by atoms with van der Waals surface area (Å²) in [6.45, 7) is 3.22. The Bertz CT molecular complexity index is 493. The number of anilines is 1. The zero-order valence-corrected chi connectivity index (χ0v) is 13.2. The molecule has 3 N–H and O–H groups in total. The highest BCUT2D eigenvalue weighted by atomic mass is 16.2. The number of urea groups is 1. The van der Waals surface area contributed by atoms with Crippen molar-refractivity contribution in [1.29, 1.82) is 0 Å². The fourth-order valence-corrected chi connectivity index (χ4v) is 2.77. The smallest absolute Gasteiger partial charge is 0.319 e. The molecule has 1 fully saturated rings. The fraction of sp³-hybridized carbons (Fsp3) is 0.529. The van der Waals surface area contributed by atoms with E-state index in [-0.39, 0.29) is 11.9 Å². The van der Waals surface area contributed by atoms with Crippen molar-refractivity contribution >= 4 is 17.6 Å². The minimum Gasteiger partial charge on any atom is -0.352 e. The topological polar surface area (TPSA) is 70.2 Å². The van der Waals surface area contributed by atoms with Crippen LogP contribution in [0.15, 0.2) is 24.3 Å². The Balaban J connectivity index is 1.77. The van der Waals surface area contributed by atoms with Gasteiger partial charge in [-0.15, -0.1) is 0 Å². The Labute approximate surface area is 131 Å². The zero-order chi connectivity index (χ0) is 15.8. The quantitative estimate of drug-likeness (QED) is 0.782. The normalized spacial score (nSPS) is 15.1. The molecule has 5 nitrogen and oxygen atoms in total. The van der Waals surface area contributed by atoms with Crippen LogP contribution in [0.4, 0.5) is 10.5 Å². The van der Waals surface area contributed by atoms with Crippen LogP contribution >= 0.6 is 0 Å². The largest absolute Gasteiger partial charge is 0.352 e. The van der Waals surface area contributed by atoms with E-state index in [1.54, 1.807) is 24.3 Å². The maximum absolute atomic E-state index is 11.9. The van der Waals surface area contributed by atoms with Crippen molar-refractivity contribution in [2.75, 3.05) is 18.4 Å². The Hall–Kier alpha value is -2.04. The Morgan fingerprint density at radius 3 is 2.36 bits per heavy atom. The summed E-state index contributed by atoms with van der Waals surface area (Å²) in [7, 11) is 0. The van der Waals surface area contributed by atoms with E-state index in [4.69, 9.17) is 0 Å². The van der Waals surface area contributed by atoms with Crippen LogP contribution in [0, 0.1) is 5.92 Å². The summed E-state index contributed by atoms with van der Waals surface area (Å²) in [4.78, 5) is 23.5. The second kappa shape index (κ2) is 8.41. The van der Waals surface area contributed by atoms with Gasteiger partial charge in [-0.25, -0.2) is 4.79 Å². The van der Waals surface area contributed by atoms with E-state index in [9.17, 15) is 9.59 Å². The number of hydrogen-bond acceptors (Lipinski definition) is 2. The average Bonchev–Trinajstić information content (AvgIpc) is 2.55. The number of hydrogen-bond donors (Lipinski definition) is 3. The maximum atomic E-state index is 11.9. The van der Waals surface area contributed by atoms with Crippen LogP contribution in [-0.4, -0.2) is 25.0 Å². The summed E-state index contributed by atoms with van der Waals surface area (Å²) in [5.41, 5.74) is 1.28. The minimum absolute atomic E-state index is 0.101. The molecule has 0 atom stereocenters. The summed E-state index contributed by atoms with van der Waals surface area (Å²) in [5.74, 6) is 0.510. The standard InChI is InChI=1S/C17H25N3O2/c1-2-18-16(21)14-8-10-15(11-9-14)20-17(22)19-12-13-6-4-3-5-7-13/h8-11,13H,2-7,12H2,1H3,(H,18,21)(H2,19,20,22). The van der Waals surface area contributed by atoms with E-state index in [1.807, 2.05) is 6.92 Å². The summed E-state index contributed by atoms with van der Waals surface area (Å²) in [6, 6.07) is 6.72. The number of carbonyl (C=O) groups excluding carboxylic acids is 2. The van der Waals surface area contributed by atoms with Crippen molar-refractivity contribution in [2.24, 2.45) is 5.92 Å². The molecular weight excluding hydrogens is 278 g/mol. The molecular formula is C17H25N3O2. The number of amides is 3. The third-order valence-corrected chi connectivity index (χ3v) is 4.02. The van der Waals surface area contributed by atoms with Crippen molar-refractivity contribution in [3.63, 3.8) is 0 Å². The molecule has 3 amide bonds. The lowest BCUT2D eigenvalue weighted by Crippen LogP contribution is -2.33. The molecule has 1 aromatic carbocycles. The molecule has 0 unspecified atom stereocenters. The maximum Gasteiger partial charge on any atom is 0.319 e. The molecule has 5 heteroatoms. The van der Waals surface area contributed by atoms with Gasteiger partial charge in [0.2, 0.25) is 0 Å². The molecule has 0 radical (unpaired) electrons. The van der Waals surface area contributed by atoms with Crippen LogP contribution in [0.1, 0.15) is 49.4 Å². The van der Waals surface area contributed by atoms with Crippen LogP contribution in [0.5, 0.6) is 0 Å². The highest BCUT2D eigenvalue weighted by molar-refractivity contribution is 5.95. The van der Waals surface area contributed by atoms with Gasteiger partial charge in [0, 0.05) is 24.3 Å². The highest BCUT2D eigenvalue weighted by Crippen LogP contribution is 2.22. The molecule has 0 aromatic heterocycles. The molecule has 0 bridgehead atoms. The minimum atomic E-state index is -0.184. The van der Waals surface area contributed by atoms with Gasteiger partial charge in [0.25, 0.3) is 5.91 Å². The van der Waals surface area contributed by atoms with Gasteiger partial charge in [-0.1, -0.05) is 19.3 Å². The van der Waals surface area contributed by atoms with Gasteiger partial charge in [-0.3, -0.25) is 4.79 Å². The summed E-state index contributed by atoms with van der Waals surface area (Å²) in [5, 5.41) is 8.47. The molecule has 1 saturated carbocycles. The molecule has 1 aliphatic rings. The Kier molecular flexibility index (Phi) is 6.25. The predicted molar refractivity (Wildman–Crippen MR) is 88.0 cm³/mol. The summed E-state index contributed by atoms with van der Waals surface area (Å²) >= 11 is 0. The first-order valence-electron chi connectivity index (χ1n) is 8.12. The number of rotatable bonds is 5. The predicted octanol–water partition coefficient (Wildman–Crippen LogP) is 3.14. The molecule has 0 heterocycles. The molecule has 1 aromatic rings. The van der Waals surface area contributed by atoms with Gasteiger partial charge in [-0.05, 0) is 49.9 Å². The van der Waals surface area contributed by atoms with E-state index in [0.717, 1.165) is 6.54 Å². The molecule has 0 aliphatic heterocycles. The van der Waals surface area contributed by atoms with Crippen LogP contribution in [0.25, 0.3) is 0 Å². The summed E-state index contributed by atoms with van der Waals surface area (Å²) < 4.78 is 0. The second-order valence-electron chi connectivity index (χ2n) is 5.78. The fourth-order valence-electron chi connectivity index (χ4n) is 2.77. The summed E-state index contributed by atoms with van der Waals surface area (Å²) in [6.07, 6.45) is 6.29. The van der Waals surface area contributed by atoms with Gasteiger partial charge in [0.05, 0.1) is 0 Å². The molecule has 120 valence electrons. The number of nitrogens with one attached hydrogen (secondary N) is 3. The van der Waals surface area contributed by atoms with Crippen LogP contribution in [-0.2, 0) is 0 Å². The lowest BCUT2D eigenvalue weighted by molar-refractivity contribution is 0.0956. The first-order valence-corrected chi connectivity index (χ1v) is 8.12. The van der Waals surface area contributed by atoms with Gasteiger partial charge in [0.1, 0.15) is 0 Å². The van der Waals surface area contributed by atoms with E-state index in [0.29, 0.717) is 23.7 Å². The van der Waals surface area contributed by atoms with Crippen molar-refractivity contribution in [2.45, 2.75) is 39.0 Å². The molecule has 0 saturated heterocycles. The monoisotopic (exact) mass is 303 g/mol. The lowest BCUT2D eigenvalue weighted by Gasteiger charge is -2.21. The first kappa shape index (κ1) is 16.3. The van der Waals surface area contributed by atoms with E-state index in [1.165, 1.54) is 32.1 Å². The Morgan fingerprint density at radius 2 is 1.73 bits per heavy atom. The molecule has 22 heavy (non-hydrogen) atoms. The molecule has 1 aliphatic carbocycles. The van der Waals surface area contributed by atoms with Gasteiger partial charge in [-0.2, -0.15) is 0 Å². The molecule has 0 spiro atoms. The Morgan fingerprint density at radius 1 is 1.05 bits per heavy atom.